The predicted molar refractivity (Wildman–Crippen MR) is 160 cm³/mol. The number of nitriles is 1. The average Bonchev–Trinajstić information content (AvgIpc) is 3.51. The molecule has 1 atom stereocenters. The molecule has 0 unspecified atom stereocenters. The minimum absolute atomic E-state index is 0.0565. The summed E-state index contributed by atoms with van der Waals surface area (Å²) in [6, 6.07) is 23.5. The molecular formula is C34H30N4O3. The smallest absolute Gasteiger partial charge is 0.159 e. The monoisotopic (exact) mass is 542 g/mol. The molecule has 0 aliphatic carbocycles. The molecule has 3 aromatic carbocycles. The van der Waals surface area contributed by atoms with E-state index in [0.29, 0.717) is 53.2 Å². The Morgan fingerprint density at radius 1 is 1.17 bits per heavy atom. The standard InChI is InChI=1S/C34H30N4O3/c1-2-24-10-6-11-28(16-24)38-34-27(20-35)22-37-32-19-33(41-30-13-15-40-23-30)26(18-31(32)34)17-29(39)12-7-14-36-21-25-8-4-3-5-9-25/h1,3-12,16,18-19,22,30,36H,13-15,17,21,23H2,(H,37,38)/b12-7+/t30-/m0/s1. The van der Waals surface area contributed by atoms with Gasteiger partial charge in [-0.05, 0) is 35.9 Å². The van der Waals surface area contributed by atoms with Crippen LogP contribution < -0.4 is 15.4 Å². The quantitative estimate of drug-likeness (QED) is 0.148. The van der Waals surface area contributed by atoms with E-state index in [1.165, 1.54) is 11.8 Å². The highest BCUT2D eigenvalue weighted by molar-refractivity contribution is 5.99. The fourth-order valence-corrected chi connectivity index (χ4v) is 4.68. The van der Waals surface area contributed by atoms with Gasteiger partial charge in [-0.2, -0.15) is 5.26 Å². The number of benzene rings is 3. The number of hydrogen-bond donors (Lipinski definition) is 2. The number of carbonyl (C=O) groups is 1. The number of rotatable bonds is 11. The molecule has 7 nitrogen and oxygen atoms in total. The molecular weight excluding hydrogens is 512 g/mol. The van der Waals surface area contributed by atoms with Crippen LogP contribution in [-0.2, 0) is 22.5 Å². The molecule has 1 saturated heterocycles. The average molecular weight is 543 g/mol. The van der Waals surface area contributed by atoms with Crippen LogP contribution in [-0.4, -0.2) is 36.6 Å². The summed E-state index contributed by atoms with van der Waals surface area (Å²) in [5.41, 5.74) is 4.98. The van der Waals surface area contributed by atoms with Gasteiger partial charge in [0.05, 0.1) is 30.0 Å². The first-order valence-corrected chi connectivity index (χ1v) is 13.5. The highest BCUT2D eigenvalue weighted by atomic mass is 16.5. The van der Waals surface area contributed by atoms with Gasteiger partial charge in [-0.25, -0.2) is 0 Å². The summed E-state index contributed by atoms with van der Waals surface area (Å²) in [7, 11) is 0. The van der Waals surface area contributed by atoms with Crippen molar-refractivity contribution < 1.29 is 14.3 Å². The summed E-state index contributed by atoms with van der Waals surface area (Å²) < 4.78 is 11.8. The topological polar surface area (TPSA) is 96.3 Å². The maximum atomic E-state index is 13.0. The van der Waals surface area contributed by atoms with Crippen molar-refractivity contribution in [3.05, 3.63) is 107 Å². The maximum absolute atomic E-state index is 13.0. The van der Waals surface area contributed by atoms with Crippen LogP contribution >= 0.6 is 0 Å². The number of terminal acetylenes is 1. The zero-order chi connectivity index (χ0) is 28.4. The minimum Gasteiger partial charge on any atom is -0.488 e. The van der Waals surface area contributed by atoms with Gasteiger partial charge in [0.1, 0.15) is 17.9 Å². The molecule has 1 fully saturated rings. The van der Waals surface area contributed by atoms with Crippen LogP contribution in [0, 0.1) is 23.7 Å². The lowest BCUT2D eigenvalue weighted by Crippen LogP contribution is -2.17. The van der Waals surface area contributed by atoms with E-state index in [2.05, 4.69) is 39.7 Å². The number of nitrogens with zero attached hydrogens (tertiary/aromatic N) is 2. The number of anilines is 2. The number of fused-ring (bicyclic) bond motifs is 1. The fourth-order valence-electron chi connectivity index (χ4n) is 4.68. The van der Waals surface area contributed by atoms with Gasteiger partial charge in [-0.1, -0.05) is 48.4 Å². The van der Waals surface area contributed by atoms with Gasteiger partial charge in [0.15, 0.2) is 5.78 Å². The van der Waals surface area contributed by atoms with Crippen molar-refractivity contribution in [2.45, 2.75) is 25.5 Å². The Bertz CT molecular complexity index is 1640. The third-order valence-corrected chi connectivity index (χ3v) is 6.75. The van der Waals surface area contributed by atoms with Crippen molar-refractivity contribution in [2.24, 2.45) is 0 Å². The van der Waals surface area contributed by atoms with E-state index in [0.717, 1.165) is 24.2 Å². The van der Waals surface area contributed by atoms with E-state index in [9.17, 15) is 10.1 Å². The Morgan fingerprint density at radius 2 is 2.05 bits per heavy atom. The molecule has 0 saturated carbocycles. The van der Waals surface area contributed by atoms with Crippen molar-refractivity contribution in [3.8, 4) is 24.2 Å². The molecule has 0 radical (unpaired) electrons. The molecule has 1 aliphatic heterocycles. The fraction of sp³-hybridized carbons (Fsp3) is 0.206. The molecule has 204 valence electrons. The van der Waals surface area contributed by atoms with Crippen LogP contribution in [0.15, 0.2) is 85.1 Å². The van der Waals surface area contributed by atoms with Gasteiger partial charge in [0, 0.05) is 60.4 Å². The molecule has 4 aromatic rings. The molecule has 1 aliphatic rings. The highest BCUT2D eigenvalue weighted by Gasteiger charge is 2.21. The van der Waals surface area contributed by atoms with Gasteiger partial charge < -0.3 is 20.1 Å². The van der Waals surface area contributed by atoms with Crippen LogP contribution in [0.3, 0.4) is 0 Å². The number of aromatic nitrogens is 1. The second kappa shape index (κ2) is 13.4. The summed E-state index contributed by atoms with van der Waals surface area (Å²) in [5, 5.41) is 17.2. The number of allylic oxidation sites excluding steroid dienone is 1. The Balaban J connectivity index is 1.41. The summed E-state index contributed by atoms with van der Waals surface area (Å²) in [6.45, 7) is 2.43. The second-order valence-corrected chi connectivity index (χ2v) is 9.75. The van der Waals surface area contributed by atoms with Crippen LogP contribution in [0.25, 0.3) is 10.9 Å². The molecule has 0 amide bonds. The lowest BCUT2D eigenvalue weighted by Gasteiger charge is -2.18. The van der Waals surface area contributed by atoms with Crippen LogP contribution in [0.2, 0.25) is 0 Å². The largest absolute Gasteiger partial charge is 0.488 e. The zero-order valence-corrected chi connectivity index (χ0v) is 22.6. The summed E-state index contributed by atoms with van der Waals surface area (Å²) in [5.74, 6) is 3.17. The highest BCUT2D eigenvalue weighted by Crippen LogP contribution is 2.35. The SMILES string of the molecule is C#Cc1cccc(Nc2c(C#N)cnc3cc(O[C@H]4CCOC4)c(CC(=O)/C=C/CNCc4ccccc4)cc23)c1. The Morgan fingerprint density at radius 3 is 2.83 bits per heavy atom. The van der Waals surface area contributed by atoms with E-state index in [4.69, 9.17) is 15.9 Å². The van der Waals surface area contributed by atoms with E-state index in [1.807, 2.05) is 60.7 Å². The number of hydrogen-bond acceptors (Lipinski definition) is 7. The minimum atomic E-state index is -0.0958. The van der Waals surface area contributed by atoms with Gasteiger partial charge in [-0.15, -0.1) is 6.42 Å². The third-order valence-electron chi connectivity index (χ3n) is 6.75. The van der Waals surface area contributed by atoms with E-state index >= 15 is 0 Å². The molecule has 1 aromatic heterocycles. The number of carbonyl (C=O) groups excluding carboxylic acids is 1. The van der Waals surface area contributed by atoms with Crippen molar-refractivity contribution in [3.63, 3.8) is 0 Å². The van der Waals surface area contributed by atoms with E-state index in [-0.39, 0.29) is 18.3 Å². The van der Waals surface area contributed by atoms with Gasteiger partial charge >= 0.3 is 0 Å². The van der Waals surface area contributed by atoms with Crippen molar-refractivity contribution in [1.82, 2.24) is 10.3 Å². The van der Waals surface area contributed by atoms with E-state index in [1.54, 1.807) is 6.08 Å². The zero-order valence-electron chi connectivity index (χ0n) is 22.6. The van der Waals surface area contributed by atoms with Crippen molar-refractivity contribution >= 4 is 28.1 Å². The molecule has 2 heterocycles. The van der Waals surface area contributed by atoms with E-state index < -0.39 is 0 Å². The number of pyridine rings is 1. The van der Waals surface area contributed by atoms with Crippen LogP contribution in [0.4, 0.5) is 11.4 Å². The van der Waals surface area contributed by atoms with Gasteiger partial charge in [0.2, 0.25) is 0 Å². The summed E-state index contributed by atoms with van der Waals surface area (Å²) in [6.07, 6.45) is 11.4. The Labute approximate surface area is 239 Å². The Kier molecular flexibility index (Phi) is 9.03. The van der Waals surface area contributed by atoms with Crippen LogP contribution in [0.5, 0.6) is 5.75 Å². The summed E-state index contributed by atoms with van der Waals surface area (Å²) >= 11 is 0. The first-order chi connectivity index (χ1) is 20.1. The first-order valence-electron chi connectivity index (χ1n) is 13.5. The number of ether oxygens (including phenoxy) is 2. The molecule has 7 heteroatoms. The van der Waals surface area contributed by atoms with Crippen LogP contribution in [0.1, 0.15) is 28.7 Å². The number of ketones is 1. The van der Waals surface area contributed by atoms with Gasteiger partial charge in [-0.3, -0.25) is 9.78 Å². The third kappa shape index (κ3) is 7.17. The summed E-state index contributed by atoms with van der Waals surface area (Å²) in [4.78, 5) is 17.6. The normalized spacial score (nSPS) is 14.5. The van der Waals surface area contributed by atoms with Gasteiger partial charge in [0.25, 0.3) is 0 Å². The number of nitrogens with one attached hydrogen (secondary N) is 2. The molecule has 0 bridgehead atoms. The lowest BCUT2D eigenvalue weighted by molar-refractivity contribution is -0.114. The second-order valence-electron chi connectivity index (χ2n) is 9.75. The Hall–Kier alpha value is -4.95. The van der Waals surface area contributed by atoms with Crippen molar-refractivity contribution in [1.29, 1.82) is 5.26 Å². The molecule has 0 spiro atoms. The maximum Gasteiger partial charge on any atom is 0.159 e. The predicted octanol–water partition coefficient (Wildman–Crippen LogP) is 5.46. The van der Waals surface area contributed by atoms with Crippen molar-refractivity contribution in [2.75, 3.05) is 25.1 Å². The molecule has 5 rings (SSSR count). The lowest BCUT2D eigenvalue weighted by atomic mass is 10.0. The first kappa shape index (κ1) is 27.6. The molecule has 2 N–H and O–H groups in total. The molecule has 41 heavy (non-hydrogen) atoms.